The van der Waals surface area contributed by atoms with Crippen molar-refractivity contribution in [2.45, 2.75) is 13.2 Å². The minimum absolute atomic E-state index is 0.441. The highest BCUT2D eigenvalue weighted by molar-refractivity contribution is 6.30. The Morgan fingerprint density at radius 3 is 2.92 bits per heavy atom. The fourth-order valence-electron chi connectivity index (χ4n) is 2.99. The molecule has 0 saturated heterocycles. The van der Waals surface area contributed by atoms with Crippen LogP contribution in [0, 0.1) is 0 Å². The normalized spacial score (nSPS) is 13.4. The van der Waals surface area contributed by atoms with Crippen LogP contribution in [0.5, 0.6) is 11.5 Å². The van der Waals surface area contributed by atoms with E-state index in [9.17, 15) is 0 Å². The Morgan fingerprint density at radius 2 is 2.08 bits per heavy atom. The van der Waals surface area contributed by atoms with Crippen LogP contribution < -0.4 is 14.8 Å². The lowest BCUT2D eigenvalue weighted by molar-refractivity contribution is 0.266. The molecule has 0 bridgehead atoms. The van der Waals surface area contributed by atoms with Gasteiger partial charge in [-0.2, -0.15) is 0 Å². The second kappa shape index (κ2) is 7.77. The molecular formula is C21H19ClN2O2. The van der Waals surface area contributed by atoms with E-state index in [-0.39, 0.29) is 0 Å². The van der Waals surface area contributed by atoms with Gasteiger partial charge in [-0.25, -0.2) is 0 Å². The fourth-order valence-corrected chi connectivity index (χ4v) is 3.18. The van der Waals surface area contributed by atoms with Crippen molar-refractivity contribution in [3.05, 3.63) is 77.1 Å². The van der Waals surface area contributed by atoms with Gasteiger partial charge in [-0.05, 0) is 41.5 Å². The van der Waals surface area contributed by atoms with Crippen LogP contribution in [0.3, 0.4) is 0 Å². The number of fused-ring (bicyclic) bond motifs is 1. The highest BCUT2D eigenvalue weighted by atomic mass is 35.5. The van der Waals surface area contributed by atoms with E-state index < -0.39 is 0 Å². The molecule has 132 valence electrons. The molecule has 1 aromatic heterocycles. The SMILES string of the molecule is Clc1cccc(-c2cc3c(c(OCc4cccnc4)c2)OCCNC3)c1. The van der Waals surface area contributed by atoms with Gasteiger partial charge in [0.25, 0.3) is 0 Å². The number of aromatic nitrogens is 1. The maximum absolute atomic E-state index is 6.17. The standard InChI is InChI=1S/C21H19ClN2O2/c22-19-5-1-4-16(10-19)17-9-18-13-24-7-8-25-21(18)20(11-17)26-14-15-3-2-6-23-12-15/h1-6,9-12,24H,7-8,13-14H2. The molecule has 1 N–H and O–H groups in total. The first-order valence-electron chi connectivity index (χ1n) is 8.58. The Bertz CT molecular complexity index is 900. The molecule has 0 fully saturated rings. The lowest BCUT2D eigenvalue weighted by atomic mass is 10.0. The van der Waals surface area contributed by atoms with Gasteiger partial charge in [0.2, 0.25) is 0 Å². The van der Waals surface area contributed by atoms with Gasteiger partial charge in [0.1, 0.15) is 13.2 Å². The first-order chi connectivity index (χ1) is 12.8. The molecule has 1 aliphatic rings. The number of ether oxygens (including phenoxy) is 2. The zero-order chi connectivity index (χ0) is 17.8. The van der Waals surface area contributed by atoms with Crippen molar-refractivity contribution < 1.29 is 9.47 Å². The molecular weight excluding hydrogens is 348 g/mol. The molecule has 0 amide bonds. The average molecular weight is 367 g/mol. The van der Waals surface area contributed by atoms with Gasteiger partial charge in [-0.3, -0.25) is 4.98 Å². The topological polar surface area (TPSA) is 43.4 Å². The Morgan fingerprint density at radius 1 is 1.12 bits per heavy atom. The fraction of sp³-hybridized carbons (Fsp3) is 0.190. The number of benzene rings is 2. The number of rotatable bonds is 4. The summed E-state index contributed by atoms with van der Waals surface area (Å²) in [5.74, 6) is 1.55. The van der Waals surface area contributed by atoms with Crippen LogP contribution in [-0.2, 0) is 13.2 Å². The lowest BCUT2D eigenvalue weighted by Gasteiger charge is -2.16. The predicted octanol–water partition coefficient (Wildman–Crippen LogP) is 4.46. The summed E-state index contributed by atoms with van der Waals surface area (Å²) in [5.41, 5.74) is 4.21. The Kier molecular flexibility index (Phi) is 5.04. The lowest BCUT2D eigenvalue weighted by Crippen LogP contribution is -2.16. The van der Waals surface area contributed by atoms with E-state index in [1.54, 1.807) is 6.20 Å². The van der Waals surface area contributed by atoms with Gasteiger partial charge in [0.05, 0.1) is 0 Å². The van der Waals surface area contributed by atoms with Gasteiger partial charge < -0.3 is 14.8 Å². The van der Waals surface area contributed by atoms with Crippen molar-refractivity contribution in [1.29, 1.82) is 0 Å². The second-order valence-electron chi connectivity index (χ2n) is 6.15. The Balaban J connectivity index is 1.71. The van der Waals surface area contributed by atoms with E-state index in [2.05, 4.69) is 16.4 Å². The maximum atomic E-state index is 6.17. The zero-order valence-electron chi connectivity index (χ0n) is 14.2. The third kappa shape index (κ3) is 3.82. The number of pyridine rings is 1. The summed E-state index contributed by atoms with van der Waals surface area (Å²) < 4.78 is 12.1. The molecule has 1 aliphatic heterocycles. The summed E-state index contributed by atoms with van der Waals surface area (Å²) in [6, 6.07) is 15.9. The molecule has 4 nitrogen and oxygen atoms in total. The van der Waals surface area contributed by atoms with Crippen molar-refractivity contribution in [2.75, 3.05) is 13.2 Å². The summed E-state index contributed by atoms with van der Waals surface area (Å²) in [6.45, 7) is 2.61. The molecule has 4 rings (SSSR count). The van der Waals surface area contributed by atoms with E-state index >= 15 is 0 Å². The quantitative estimate of drug-likeness (QED) is 0.740. The number of hydrogen-bond acceptors (Lipinski definition) is 4. The molecule has 0 radical (unpaired) electrons. The summed E-state index contributed by atoms with van der Waals surface area (Å²) in [7, 11) is 0. The molecule has 0 spiro atoms. The Hall–Kier alpha value is -2.56. The highest BCUT2D eigenvalue weighted by Gasteiger charge is 2.17. The van der Waals surface area contributed by atoms with Gasteiger partial charge in [-0.1, -0.05) is 29.8 Å². The molecule has 26 heavy (non-hydrogen) atoms. The molecule has 2 heterocycles. The average Bonchev–Trinajstić information content (AvgIpc) is 2.92. The van der Waals surface area contributed by atoms with Gasteiger partial charge in [-0.15, -0.1) is 0 Å². The van der Waals surface area contributed by atoms with Crippen molar-refractivity contribution >= 4 is 11.6 Å². The minimum atomic E-state index is 0.441. The predicted molar refractivity (Wildman–Crippen MR) is 103 cm³/mol. The molecule has 0 saturated carbocycles. The first-order valence-corrected chi connectivity index (χ1v) is 8.95. The molecule has 0 unspecified atom stereocenters. The number of hydrogen-bond donors (Lipinski definition) is 1. The van der Waals surface area contributed by atoms with Crippen molar-refractivity contribution in [3.8, 4) is 22.6 Å². The number of nitrogens with zero attached hydrogens (tertiary/aromatic N) is 1. The number of nitrogens with one attached hydrogen (secondary N) is 1. The van der Waals surface area contributed by atoms with Crippen LogP contribution in [0.4, 0.5) is 0 Å². The zero-order valence-corrected chi connectivity index (χ0v) is 15.0. The summed E-state index contributed by atoms with van der Waals surface area (Å²) >= 11 is 6.17. The van der Waals surface area contributed by atoms with Crippen LogP contribution in [0.25, 0.3) is 11.1 Å². The van der Waals surface area contributed by atoms with E-state index in [4.69, 9.17) is 21.1 Å². The summed E-state index contributed by atoms with van der Waals surface area (Å²) in [4.78, 5) is 4.14. The third-order valence-corrected chi connectivity index (χ3v) is 4.48. The minimum Gasteiger partial charge on any atom is -0.488 e. The van der Waals surface area contributed by atoms with Gasteiger partial charge in [0.15, 0.2) is 11.5 Å². The van der Waals surface area contributed by atoms with E-state index in [1.165, 1.54) is 0 Å². The monoisotopic (exact) mass is 366 g/mol. The molecule has 3 aromatic rings. The first kappa shape index (κ1) is 16.9. The van der Waals surface area contributed by atoms with E-state index in [0.717, 1.165) is 46.8 Å². The van der Waals surface area contributed by atoms with E-state index in [1.807, 2.05) is 48.7 Å². The molecule has 5 heteroatoms. The molecule has 0 atom stereocenters. The summed E-state index contributed by atoms with van der Waals surface area (Å²) in [6.07, 6.45) is 3.56. The molecule has 0 aliphatic carbocycles. The smallest absolute Gasteiger partial charge is 0.165 e. The Labute approximate surface area is 157 Å². The van der Waals surface area contributed by atoms with Crippen LogP contribution in [-0.4, -0.2) is 18.1 Å². The third-order valence-electron chi connectivity index (χ3n) is 4.25. The number of halogens is 1. The van der Waals surface area contributed by atoms with E-state index in [0.29, 0.717) is 18.2 Å². The highest BCUT2D eigenvalue weighted by Crippen LogP contribution is 2.38. The van der Waals surface area contributed by atoms with Crippen molar-refractivity contribution in [1.82, 2.24) is 10.3 Å². The van der Waals surface area contributed by atoms with Crippen molar-refractivity contribution in [2.24, 2.45) is 0 Å². The summed E-state index contributed by atoms with van der Waals surface area (Å²) in [5, 5.41) is 4.09. The van der Waals surface area contributed by atoms with Crippen LogP contribution in [0.15, 0.2) is 60.9 Å². The van der Waals surface area contributed by atoms with Crippen LogP contribution >= 0.6 is 11.6 Å². The maximum Gasteiger partial charge on any atom is 0.165 e. The van der Waals surface area contributed by atoms with Crippen LogP contribution in [0.2, 0.25) is 5.02 Å². The van der Waals surface area contributed by atoms with Gasteiger partial charge in [0, 0.05) is 41.6 Å². The molecule has 2 aromatic carbocycles. The van der Waals surface area contributed by atoms with Crippen LogP contribution in [0.1, 0.15) is 11.1 Å². The van der Waals surface area contributed by atoms with Gasteiger partial charge >= 0.3 is 0 Å². The largest absolute Gasteiger partial charge is 0.488 e. The van der Waals surface area contributed by atoms with Crippen molar-refractivity contribution in [3.63, 3.8) is 0 Å². The second-order valence-corrected chi connectivity index (χ2v) is 6.58.